The summed E-state index contributed by atoms with van der Waals surface area (Å²) in [4.78, 5) is 11.8. The largest absolute Gasteiger partial charge is 1.00 e. The molecule has 0 radical (unpaired) electrons. The Morgan fingerprint density at radius 2 is 2.04 bits per heavy atom. The van der Waals surface area contributed by atoms with Gasteiger partial charge in [-0.3, -0.25) is 0 Å². The number of carbonyl (C=O) groups excluding carboxylic acids is 1. The van der Waals surface area contributed by atoms with Crippen molar-refractivity contribution in [3.05, 3.63) is 29.8 Å². The summed E-state index contributed by atoms with van der Waals surface area (Å²) in [5.41, 5.74) is 1.20. The number of ether oxygens (including phenoxy) is 1. The van der Waals surface area contributed by atoms with Gasteiger partial charge in [-0.05, 0) is 39.8 Å². The molecule has 128 valence electrons. The molecule has 0 aliphatic carbocycles. The number of imidazole rings is 1. The van der Waals surface area contributed by atoms with E-state index in [1.54, 1.807) is 6.07 Å². The monoisotopic (exact) mass is 435 g/mol. The minimum atomic E-state index is -0.535. The highest BCUT2D eigenvalue weighted by molar-refractivity contribution is 5.72. The SMILES string of the molecule is CCn1c(CNC(=O)OC(C)(C)C)[n+](C)c2ccc(F)cc21.[I-]. The Kier molecular flexibility index (Phi) is 6.38. The van der Waals surface area contributed by atoms with E-state index in [0.29, 0.717) is 13.1 Å². The van der Waals surface area contributed by atoms with Gasteiger partial charge >= 0.3 is 6.09 Å². The molecule has 0 atom stereocenters. The number of nitrogens with one attached hydrogen (secondary N) is 1. The van der Waals surface area contributed by atoms with Crippen molar-refractivity contribution in [2.45, 2.75) is 46.4 Å². The number of carbonyl (C=O) groups is 1. The molecule has 1 amide bonds. The molecular weight excluding hydrogens is 412 g/mol. The molecule has 0 bridgehead atoms. The van der Waals surface area contributed by atoms with Gasteiger partial charge in [-0.1, -0.05) is 0 Å². The number of benzene rings is 1. The fraction of sp³-hybridized carbons (Fsp3) is 0.500. The van der Waals surface area contributed by atoms with Crippen molar-refractivity contribution in [2.24, 2.45) is 7.05 Å². The van der Waals surface area contributed by atoms with Crippen molar-refractivity contribution in [1.29, 1.82) is 0 Å². The number of rotatable bonds is 3. The second-order valence-electron chi connectivity index (χ2n) is 6.21. The van der Waals surface area contributed by atoms with E-state index < -0.39 is 11.7 Å². The van der Waals surface area contributed by atoms with E-state index in [2.05, 4.69) is 5.32 Å². The molecule has 1 N–H and O–H groups in total. The van der Waals surface area contributed by atoms with Gasteiger partial charge in [0.05, 0.1) is 13.6 Å². The maximum absolute atomic E-state index is 13.5. The third-order valence-electron chi connectivity index (χ3n) is 3.39. The van der Waals surface area contributed by atoms with Gasteiger partial charge in [-0.2, -0.15) is 0 Å². The molecule has 7 heteroatoms. The molecule has 2 aromatic rings. The fourth-order valence-corrected chi connectivity index (χ4v) is 2.49. The summed E-state index contributed by atoms with van der Waals surface area (Å²) >= 11 is 0. The number of hydrogen-bond acceptors (Lipinski definition) is 2. The fourth-order valence-electron chi connectivity index (χ4n) is 2.49. The van der Waals surface area contributed by atoms with Crippen LogP contribution in [0.2, 0.25) is 0 Å². The normalized spacial score (nSPS) is 11.2. The van der Waals surface area contributed by atoms with Crippen LogP contribution in [0.1, 0.15) is 33.5 Å². The Balaban J connectivity index is 0.00000264. The highest BCUT2D eigenvalue weighted by atomic mass is 127. The van der Waals surface area contributed by atoms with Crippen LogP contribution in [0, 0.1) is 5.82 Å². The number of fused-ring (bicyclic) bond motifs is 1. The molecular formula is C16H23FIN3O2. The first kappa shape index (κ1) is 19.7. The quantitative estimate of drug-likeness (QED) is 0.530. The van der Waals surface area contributed by atoms with Gasteiger partial charge in [0.2, 0.25) is 0 Å². The minimum absolute atomic E-state index is 0. The van der Waals surface area contributed by atoms with Gasteiger partial charge in [0.25, 0.3) is 5.82 Å². The molecule has 23 heavy (non-hydrogen) atoms. The molecule has 0 spiro atoms. The van der Waals surface area contributed by atoms with Crippen LogP contribution in [0.4, 0.5) is 9.18 Å². The third-order valence-corrected chi connectivity index (χ3v) is 3.39. The smallest absolute Gasteiger partial charge is 0.408 e. The van der Waals surface area contributed by atoms with E-state index in [4.69, 9.17) is 4.74 Å². The van der Waals surface area contributed by atoms with E-state index in [0.717, 1.165) is 16.9 Å². The summed E-state index contributed by atoms with van der Waals surface area (Å²) in [5, 5.41) is 2.75. The zero-order valence-electron chi connectivity index (χ0n) is 14.1. The highest BCUT2D eigenvalue weighted by Gasteiger charge is 2.23. The van der Waals surface area contributed by atoms with Crippen LogP contribution >= 0.6 is 0 Å². The maximum atomic E-state index is 13.5. The maximum Gasteiger partial charge on any atom is 0.408 e. The first-order valence-corrected chi connectivity index (χ1v) is 7.36. The lowest BCUT2D eigenvalue weighted by molar-refractivity contribution is -0.654. The Hall–Kier alpha value is -1.38. The van der Waals surface area contributed by atoms with Gasteiger partial charge in [0.15, 0.2) is 11.0 Å². The second-order valence-corrected chi connectivity index (χ2v) is 6.21. The molecule has 1 heterocycles. The van der Waals surface area contributed by atoms with E-state index in [-0.39, 0.29) is 29.8 Å². The van der Waals surface area contributed by atoms with Gasteiger partial charge < -0.3 is 34.0 Å². The van der Waals surface area contributed by atoms with Crippen molar-refractivity contribution >= 4 is 17.1 Å². The lowest BCUT2D eigenvalue weighted by atomic mass is 10.2. The standard InChI is InChI=1S/C16H22FN3O2.HI/c1-6-20-13-9-11(17)7-8-12(13)19(5)14(20)10-18-15(21)22-16(2,3)4;/h7-9H,6,10H2,1-5H3;1H. The molecule has 1 aromatic heterocycles. The van der Waals surface area contributed by atoms with E-state index in [1.165, 1.54) is 12.1 Å². The molecule has 0 fully saturated rings. The Morgan fingerprint density at radius 1 is 1.39 bits per heavy atom. The van der Waals surface area contributed by atoms with E-state index in [1.807, 2.05) is 43.9 Å². The first-order valence-electron chi connectivity index (χ1n) is 7.36. The Labute approximate surface area is 152 Å². The van der Waals surface area contributed by atoms with Gasteiger partial charge in [-0.15, -0.1) is 0 Å². The van der Waals surface area contributed by atoms with Crippen LogP contribution in [0.3, 0.4) is 0 Å². The topological polar surface area (TPSA) is 47.1 Å². The first-order chi connectivity index (χ1) is 10.2. The highest BCUT2D eigenvalue weighted by Crippen LogP contribution is 2.16. The predicted molar refractivity (Wildman–Crippen MR) is 81.8 cm³/mol. The lowest BCUT2D eigenvalue weighted by Crippen LogP contribution is -3.00. The number of aryl methyl sites for hydroxylation is 2. The predicted octanol–water partition coefficient (Wildman–Crippen LogP) is -0.346. The van der Waals surface area contributed by atoms with Crippen LogP contribution in [0.15, 0.2) is 18.2 Å². The van der Waals surface area contributed by atoms with Crippen LogP contribution in [-0.2, 0) is 24.9 Å². The van der Waals surface area contributed by atoms with Crippen molar-refractivity contribution < 1.29 is 42.5 Å². The summed E-state index contributed by atoms with van der Waals surface area (Å²) in [7, 11) is 1.90. The zero-order chi connectivity index (χ0) is 16.5. The van der Waals surface area contributed by atoms with Crippen LogP contribution in [0.5, 0.6) is 0 Å². The van der Waals surface area contributed by atoms with Gasteiger partial charge in [0.1, 0.15) is 18.0 Å². The van der Waals surface area contributed by atoms with Crippen molar-refractivity contribution in [2.75, 3.05) is 0 Å². The molecule has 5 nitrogen and oxygen atoms in total. The number of alkyl carbamates (subject to hydrolysis) is 1. The van der Waals surface area contributed by atoms with Crippen molar-refractivity contribution in [3.8, 4) is 0 Å². The summed E-state index contributed by atoms with van der Waals surface area (Å²) < 4.78 is 22.7. The molecule has 0 aliphatic rings. The van der Waals surface area contributed by atoms with Crippen molar-refractivity contribution in [1.82, 2.24) is 9.88 Å². The Morgan fingerprint density at radius 3 is 2.61 bits per heavy atom. The van der Waals surface area contributed by atoms with E-state index in [9.17, 15) is 9.18 Å². The number of amides is 1. The lowest BCUT2D eigenvalue weighted by Gasteiger charge is -2.19. The second kappa shape index (κ2) is 7.46. The van der Waals surface area contributed by atoms with Crippen LogP contribution in [-0.4, -0.2) is 16.3 Å². The molecule has 0 saturated heterocycles. The summed E-state index contributed by atoms with van der Waals surface area (Å²) in [6.45, 7) is 8.44. The van der Waals surface area contributed by atoms with Crippen molar-refractivity contribution in [3.63, 3.8) is 0 Å². The van der Waals surface area contributed by atoms with Crippen LogP contribution in [0.25, 0.3) is 11.0 Å². The average molecular weight is 435 g/mol. The molecule has 0 saturated carbocycles. The minimum Gasteiger partial charge on any atom is -1.00 e. The summed E-state index contributed by atoms with van der Waals surface area (Å²) in [5.74, 6) is 0.612. The number of halogens is 2. The summed E-state index contributed by atoms with van der Waals surface area (Å²) in [6.07, 6.45) is -0.466. The molecule has 2 rings (SSSR count). The summed E-state index contributed by atoms with van der Waals surface area (Å²) in [6, 6.07) is 4.69. The zero-order valence-corrected chi connectivity index (χ0v) is 16.3. The molecule has 0 aliphatic heterocycles. The molecule has 1 aromatic carbocycles. The Bertz CT molecular complexity index is 707. The number of nitrogens with zero attached hydrogens (tertiary/aromatic N) is 2. The number of hydrogen-bond donors (Lipinski definition) is 1. The van der Waals surface area contributed by atoms with E-state index >= 15 is 0 Å². The van der Waals surface area contributed by atoms with Gasteiger partial charge in [0, 0.05) is 6.07 Å². The molecule has 0 unspecified atom stereocenters. The number of aromatic nitrogens is 2. The average Bonchev–Trinajstić information content (AvgIpc) is 2.66. The van der Waals surface area contributed by atoms with Crippen LogP contribution < -0.4 is 33.9 Å². The third kappa shape index (κ3) is 4.55. The van der Waals surface area contributed by atoms with Gasteiger partial charge in [-0.25, -0.2) is 18.3 Å².